The molecule has 7 N–H and O–H groups in total. The predicted octanol–water partition coefficient (Wildman–Crippen LogP) is 5.59. The first kappa shape index (κ1) is 37.9. The molecule has 2 fully saturated rings. The van der Waals surface area contributed by atoms with E-state index >= 15 is 0 Å². The molecule has 2 amide bonds. The number of nitrogens with one attached hydrogen (secondary N) is 3. The van der Waals surface area contributed by atoms with Crippen molar-refractivity contribution in [1.82, 2.24) is 25.9 Å². The first-order valence-corrected chi connectivity index (χ1v) is 16.4. The lowest BCUT2D eigenvalue weighted by molar-refractivity contribution is 0.0505. The number of nitrogens with zero attached hydrogens (tertiary/aromatic N) is 3. The summed E-state index contributed by atoms with van der Waals surface area (Å²) in [6.45, 7) is 16.6. The normalized spacial score (nSPS) is 15.8. The van der Waals surface area contributed by atoms with Gasteiger partial charge in [-0.1, -0.05) is 12.1 Å². The molecule has 2 aliphatic rings. The van der Waals surface area contributed by atoms with Gasteiger partial charge in [-0.3, -0.25) is 0 Å². The molecule has 13 heteroatoms. The lowest BCUT2D eigenvalue weighted by atomic mass is 9.97. The monoisotopic (exact) mass is 695 g/mol. The Kier molecular flexibility index (Phi) is 15.7. The summed E-state index contributed by atoms with van der Waals surface area (Å²) in [5.74, 6) is 3.09. The molecule has 0 atom stereocenters. The molecular formula is C32H55BrN8O4. The molecule has 2 saturated heterocycles. The lowest BCUT2D eigenvalue weighted by Crippen LogP contribution is -2.40. The third-order valence-electron chi connectivity index (χ3n) is 6.76. The van der Waals surface area contributed by atoms with Crippen molar-refractivity contribution in [1.29, 1.82) is 0 Å². The third kappa shape index (κ3) is 17.7. The largest absolute Gasteiger partial charge is 0.444 e. The molecule has 254 valence electrons. The Hall–Kier alpha value is -3.32. The molecule has 0 spiro atoms. The average Bonchev–Trinajstić information content (AvgIpc) is 2.95. The molecule has 0 bridgehead atoms. The van der Waals surface area contributed by atoms with Crippen molar-refractivity contribution in [3.63, 3.8) is 0 Å². The number of carbonyl (C=O) groups is 2. The molecule has 0 radical (unpaired) electrons. The molecule has 4 rings (SSSR count). The number of rotatable bonds is 5. The molecule has 2 aliphatic heterocycles. The topological polar surface area (TPSA) is 170 Å². The summed E-state index contributed by atoms with van der Waals surface area (Å²) in [7, 11) is 0. The van der Waals surface area contributed by atoms with Crippen LogP contribution < -0.4 is 32.3 Å². The highest BCUT2D eigenvalue weighted by molar-refractivity contribution is 9.10. The predicted molar refractivity (Wildman–Crippen MR) is 186 cm³/mol. The molecule has 0 unspecified atom stereocenters. The van der Waals surface area contributed by atoms with E-state index in [1.165, 1.54) is 0 Å². The van der Waals surface area contributed by atoms with Crippen LogP contribution in [0.5, 0.6) is 0 Å². The van der Waals surface area contributed by atoms with Crippen molar-refractivity contribution < 1.29 is 20.5 Å². The van der Waals surface area contributed by atoms with Crippen LogP contribution in [0.3, 0.4) is 0 Å². The summed E-state index contributed by atoms with van der Waals surface area (Å²) >= 11 is 3.17. The number of ether oxygens (including phenoxy) is 2. The maximum absolute atomic E-state index is 11.7. The van der Waals surface area contributed by atoms with Gasteiger partial charge in [0.2, 0.25) is 0 Å². The quantitative estimate of drug-likeness (QED) is 0.249. The van der Waals surface area contributed by atoms with Gasteiger partial charge in [0.25, 0.3) is 0 Å². The van der Waals surface area contributed by atoms with Crippen LogP contribution in [0.4, 0.5) is 27.0 Å². The second-order valence-electron chi connectivity index (χ2n) is 13.2. The Balaban J connectivity index is 0.000000380. The highest BCUT2D eigenvalue weighted by atomic mass is 79.9. The Morgan fingerprint density at radius 2 is 1.31 bits per heavy atom. The standard InChI is InChI=1S/C16H26N4O2.C11H22N2O2.C5H5BrN2.H2/c1-16(2,3)22-15(21)18-11-12-7-9-20(10-8-12)14-6-4-5-13(17)19-14;1-11(2,3)15-10(14)13-8-9-4-6-12-7-5-9;6-4-2-1-3-5(7)8-4;/h4-6,12H,7-11H2,1-3H3,(H2,17,19)(H,18,21);9,12H,4-8H2,1-3H3,(H,13,14);1-3H,(H2,7,8);1H/i;;;1+1. The highest BCUT2D eigenvalue weighted by Gasteiger charge is 2.22. The third-order valence-corrected chi connectivity index (χ3v) is 7.20. The maximum atomic E-state index is 11.7. The van der Waals surface area contributed by atoms with Gasteiger partial charge in [-0.25, -0.2) is 19.6 Å². The lowest BCUT2D eigenvalue weighted by Gasteiger charge is -2.33. The molecular weight excluding hydrogens is 640 g/mol. The molecule has 2 aromatic heterocycles. The number of amides is 2. The molecule has 0 aromatic carbocycles. The minimum atomic E-state index is -0.452. The number of nitrogens with two attached hydrogens (primary N) is 2. The summed E-state index contributed by atoms with van der Waals surface area (Å²) < 4.78 is 11.2. The van der Waals surface area contributed by atoms with Gasteiger partial charge in [-0.05, 0) is 132 Å². The number of hydrogen-bond acceptors (Lipinski definition) is 10. The van der Waals surface area contributed by atoms with Crippen LogP contribution in [0.25, 0.3) is 0 Å². The van der Waals surface area contributed by atoms with Crippen molar-refractivity contribution in [2.24, 2.45) is 11.8 Å². The van der Waals surface area contributed by atoms with E-state index in [4.69, 9.17) is 20.9 Å². The fourth-order valence-corrected chi connectivity index (χ4v) is 4.93. The Bertz CT molecular complexity index is 1160. The number of alkyl carbamates (subject to hydrolysis) is 2. The summed E-state index contributed by atoms with van der Waals surface area (Å²) in [5.41, 5.74) is 10.2. The van der Waals surface area contributed by atoms with E-state index in [0.717, 1.165) is 68.8 Å². The van der Waals surface area contributed by atoms with E-state index in [1.807, 2.05) is 65.8 Å². The number of nitrogen functional groups attached to an aromatic ring is 2. The molecule has 12 nitrogen and oxygen atoms in total. The summed E-state index contributed by atoms with van der Waals surface area (Å²) in [6, 6.07) is 11.1. The van der Waals surface area contributed by atoms with Crippen LogP contribution in [0, 0.1) is 11.8 Å². The van der Waals surface area contributed by atoms with Gasteiger partial charge in [0.15, 0.2) is 0 Å². The fourth-order valence-electron chi connectivity index (χ4n) is 4.58. The minimum Gasteiger partial charge on any atom is -0.444 e. The van der Waals surface area contributed by atoms with E-state index in [9.17, 15) is 9.59 Å². The maximum Gasteiger partial charge on any atom is 0.407 e. The summed E-state index contributed by atoms with van der Waals surface area (Å²) in [5, 5.41) is 8.97. The van der Waals surface area contributed by atoms with Crippen molar-refractivity contribution in [2.45, 2.75) is 78.4 Å². The second-order valence-corrected chi connectivity index (χ2v) is 14.0. The van der Waals surface area contributed by atoms with Gasteiger partial charge in [0, 0.05) is 27.6 Å². The minimum absolute atomic E-state index is 0. The Morgan fingerprint density at radius 1 is 0.844 bits per heavy atom. The molecule has 0 aliphatic carbocycles. The smallest absolute Gasteiger partial charge is 0.407 e. The van der Waals surface area contributed by atoms with Crippen LogP contribution in [-0.2, 0) is 9.47 Å². The Labute approximate surface area is 278 Å². The zero-order chi connectivity index (χ0) is 33.5. The zero-order valence-corrected chi connectivity index (χ0v) is 29.3. The summed E-state index contributed by atoms with van der Waals surface area (Å²) in [6.07, 6.45) is 3.66. The first-order chi connectivity index (χ1) is 21.1. The van der Waals surface area contributed by atoms with Crippen molar-refractivity contribution in [3.8, 4) is 0 Å². The molecule has 4 heterocycles. The number of carbonyl (C=O) groups excluding carboxylic acids is 2. The number of halogens is 1. The van der Waals surface area contributed by atoms with Gasteiger partial charge >= 0.3 is 12.2 Å². The zero-order valence-electron chi connectivity index (χ0n) is 27.7. The highest BCUT2D eigenvalue weighted by Crippen LogP contribution is 2.22. The average molecular weight is 697 g/mol. The fraction of sp³-hybridized carbons (Fsp3) is 0.625. The van der Waals surface area contributed by atoms with Crippen molar-refractivity contribution in [3.05, 3.63) is 41.0 Å². The van der Waals surface area contributed by atoms with Gasteiger partial charge in [0.1, 0.15) is 33.3 Å². The number of hydrogen-bond donors (Lipinski definition) is 5. The van der Waals surface area contributed by atoms with E-state index in [1.54, 1.807) is 12.1 Å². The molecule has 0 saturated carbocycles. The van der Waals surface area contributed by atoms with E-state index in [2.05, 4.69) is 46.7 Å². The van der Waals surface area contributed by atoms with Crippen LogP contribution in [-0.4, -0.2) is 72.6 Å². The number of piperidine rings is 2. The first-order valence-electron chi connectivity index (χ1n) is 15.6. The van der Waals surface area contributed by atoms with Gasteiger partial charge < -0.3 is 41.8 Å². The number of anilines is 3. The van der Waals surface area contributed by atoms with Crippen LogP contribution in [0.15, 0.2) is 41.0 Å². The van der Waals surface area contributed by atoms with Crippen LogP contribution in [0.1, 0.15) is 68.7 Å². The van der Waals surface area contributed by atoms with Crippen molar-refractivity contribution >= 4 is 45.6 Å². The second kappa shape index (κ2) is 18.6. The van der Waals surface area contributed by atoms with E-state index in [-0.39, 0.29) is 13.6 Å². The SMILES string of the molecule is CC(C)(C)OC(=O)NCC1CCN(c2cccc(N)n2)CC1.CC(C)(C)OC(=O)NCC1CCNCC1.Nc1cccc(Br)n1.[2HH]. The van der Waals surface area contributed by atoms with Crippen LogP contribution in [0.2, 0.25) is 0 Å². The van der Waals surface area contributed by atoms with E-state index < -0.39 is 11.2 Å². The number of aromatic nitrogens is 2. The van der Waals surface area contributed by atoms with Gasteiger partial charge in [-0.15, -0.1) is 0 Å². The van der Waals surface area contributed by atoms with Gasteiger partial charge in [-0.2, -0.15) is 0 Å². The number of pyridine rings is 2. The van der Waals surface area contributed by atoms with Gasteiger partial charge in [0.05, 0.1) is 0 Å². The Morgan fingerprint density at radius 3 is 1.73 bits per heavy atom. The van der Waals surface area contributed by atoms with Crippen molar-refractivity contribution in [2.75, 3.05) is 55.6 Å². The van der Waals surface area contributed by atoms with Crippen LogP contribution >= 0.6 is 15.9 Å². The van der Waals surface area contributed by atoms with E-state index in [0.29, 0.717) is 30.0 Å². The molecule has 2 aromatic rings. The molecule has 45 heavy (non-hydrogen) atoms. The summed E-state index contributed by atoms with van der Waals surface area (Å²) in [4.78, 5) is 33.5.